The molecule has 0 aliphatic rings. The zero-order chi connectivity index (χ0) is 15.9. The molecule has 0 heterocycles. The molecule has 0 spiro atoms. The van der Waals surface area contributed by atoms with Crippen molar-refractivity contribution in [2.45, 2.75) is 19.9 Å². The van der Waals surface area contributed by atoms with E-state index in [4.69, 9.17) is 5.26 Å². The van der Waals surface area contributed by atoms with Gasteiger partial charge >= 0.3 is 0 Å². The second kappa shape index (κ2) is 7.06. The van der Waals surface area contributed by atoms with E-state index >= 15 is 0 Å². The number of nitrogens with zero attached hydrogens (tertiary/aromatic N) is 3. The first-order chi connectivity index (χ1) is 10.7. The van der Waals surface area contributed by atoms with Crippen molar-refractivity contribution in [1.29, 1.82) is 10.5 Å². The largest absolute Gasteiger partial charge is 0.307 e. The molecule has 108 valence electrons. The summed E-state index contributed by atoms with van der Waals surface area (Å²) in [6.45, 7) is 1.81. The summed E-state index contributed by atoms with van der Waals surface area (Å²) < 4.78 is 0. The molecular weight excluding hydrogens is 274 g/mol. The Kier molecular flexibility index (Phi) is 4.90. The van der Waals surface area contributed by atoms with Crippen molar-refractivity contribution < 1.29 is 4.79 Å². The van der Waals surface area contributed by atoms with Gasteiger partial charge in [-0.25, -0.2) is 0 Å². The van der Waals surface area contributed by atoms with E-state index in [0.717, 1.165) is 11.1 Å². The van der Waals surface area contributed by atoms with Crippen molar-refractivity contribution in [3.05, 3.63) is 65.2 Å². The topological polar surface area (TPSA) is 67.9 Å². The van der Waals surface area contributed by atoms with Gasteiger partial charge in [0.1, 0.15) is 6.07 Å². The average molecular weight is 289 g/mol. The van der Waals surface area contributed by atoms with Crippen LogP contribution in [0.5, 0.6) is 0 Å². The summed E-state index contributed by atoms with van der Waals surface area (Å²) in [4.78, 5) is 13.6. The number of carbonyl (C=O) groups is 1. The molecule has 0 bridgehead atoms. The molecule has 0 aliphatic carbocycles. The number of nitriles is 2. The van der Waals surface area contributed by atoms with Crippen LogP contribution in [0.15, 0.2) is 48.5 Å². The quantitative estimate of drug-likeness (QED) is 0.868. The van der Waals surface area contributed by atoms with Crippen LogP contribution in [0, 0.1) is 22.7 Å². The van der Waals surface area contributed by atoms with Crippen LogP contribution < -0.4 is 4.90 Å². The Morgan fingerprint density at radius 3 is 2.32 bits per heavy atom. The number of para-hydroxylation sites is 1. The highest BCUT2D eigenvalue weighted by atomic mass is 16.2. The Hall–Kier alpha value is -3.11. The maximum Gasteiger partial charge on any atom is 0.224 e. The molecule has 0 aromatic heterocycles. The lowest BCUT2D eigenvalue weighted by molar-refractivity contribution is -0.116. The summed E-state index contributed by atoms with van der Waals surface area (Å²) in [5.74, 6) is -0.144. The first-order valence-electron chi connectivity index (χ1n) is 6.88. The van der Waals surface area contributed by atoms with Crippen molar-refractivity contribution in [3.8, 4) is 12.1 Å². The molecule has 4 heteroatoms. The predicted octanol–water partition coefficient (Wildman–Crippen LogP) is 3.18. The molecule has 2 aromatic rings. The van der Waals surface area contributed by atoms with Crippen molar-refractivity contribution in [1.82, 2.24) is 0 Å². The van der Waals surface area contributed by atoms with Gasteiger partial charge in [0, 0.05) is 6.92 Å². The normalized spacial score (nSPS) is 9.59. The second-order valence-corrected chi connectivity index (χ2v) is 4.84. The molecule has 0 saturated heterocycles. The summed E-state index contributed by atoms with van der Waals surface area (Å²) in [6, 6.07) is 18.8. The minimum absolute atomic E-state index is 0.144. The van der Waals surface area contributed by atoms with E-state index in [0.29, 0.717) is 24.2 Å². The number of carbonyl (C=O) groups excluding carboxylic acids is 1. The van der Waals surface area contributed by atoms with Crippen molar-refractivity contribution >= 4 is 11.6 Å². The van der Waals surface area contributed by atoms with Crippen LogP contribution in [0.3, 0.4) is 0 Å². The molecule has 1 amide bonds. The van der Waals surface area contributed by atoms with Gasteiger partial charge in [-0.3, -0.25) is 4.79 Å². The van der Waals surface area contributed by atoms with Gasteiger partial charge in [-0.1, -0.05) is 36.4 Å². The van der Waals surface area contributed by atoms with E-state index in [1.807, 2.05) is 24.3 Å². The molecule has 0 N–H and O–H groups in total. The third-order valence-electron chi connectivity index (χ3n) is 3.41. The Morgan fingerprint density at radius 1 is 1.05 bits per heavy atom. The predicted molar refractivity (Wildman–Crippen MR) is 83.8 cm³/mol. The number of benzene rings is 2. The number of rotatable bonds is 4. The highest BCUT2D eigenvalue weighted by molar-refractivity contribution is 5.92. The minimum atomic E-state index is -0.144. The fourth-order valence-corrected chi connectivity index (χ4v) is 2.31. The monoisotopic (exact) mass is 289 g/mol. The third-order valence-corrected chi connectivity index (χ3v) is 3.41. The summed E-state index contributed by atoms with van der Waals surface area (Å²) in [7, 11) is 0. The molecule has 2 rings (SSSR count). The van der Waals surface area contributed by atoms with Crippen LogP contribution >= 0.6 is 0 Å². The van der Waals surface area contributed by atoms with Crippen LogP contribution in [0.1, 0.15) is 23.6 Å². The van der Waals surface area contributed by atoms with Crippen LogP contribution in [0.2, 0.25) is 0 Å². The van der Waals surface area contributed by atoms with Crippen molar-refractivity contribution in [3.63, 3.8) is 0 Å². The molecular formula is C18H15N3O. The van der Waals surface area contributed by atoms with Gasteiger partial charge in [-0.05, 0) is 23.3 Å². The standard InChI is InChI=1S/C18H15N3O/c1-14(22)21(18-9-5-4-7-16(18)12-20)13-17-8-3-2-6-15(17)10-11-19/h2-9H,10,13H2,1H3. The van der Waals surface area contributed by atoms with E-state index in [9.17, 15) is 10.1 Å². The van der Waals surface area contributed by atoms with Crippen molar-refractivity contribution in [2.24, 2.45) is 0 Å². The van der Waals surface area contributed by atoms with Gasteiger partial charge in [-0.2, -0.15) is 10.5 Å². The van der Waals surface area contributed by atoms with Gasteiger partial charge in [0.05, 0.1) is 30.3 Å². The highest BCUT2D eigenvalue weighted by Crippen LogP contribution is 2.23. The molecule has 2 aromatic carbocycles. The number of anilines is 1. The van der Waals surface area contributed by atoms with Gasteiger partial charge in [0.15, 0.2) is 0 Å². The van der Waals surface area contributed by atoms with Crippen LogP contribution in [-0.4, -0.2) is 5.91 Å². The summed E-state index contributed by atoms with van der Waals surface area (Å²) in [5, 5.41) is 18.1. The molecule has 0 atom stereocenters. The van der Waals surface area contributed by atoms with E-state index in [2.05, 4.69) is 12.1 Å². The molecule has 4 nitrogen and oxygen atoms in total. The van der Waals surface area contributed by atoms with Gasteiger partial charge in [0.25, 0.3) is 0 Å². The van der Waals surface area contributed by atoms with Crippen LogP contribution in [0.25, 0.3) is 0 Å². The van der Waals surface area contributed by atoms with E-state index < -0.39 is 0 Å². The average Bonchev–Trinajstić information content (AvgIpc) is 2.54. The SMILES string of the molecule is CC(=O)N(Cc1ccccc1CC#N)c1ccccc1C#N. The molecule has 0 aliphatic heterocycles. The lowest BCUT2D eigenvalue weighted by Crippen LogP contribution is -2.29. The maximum atomic E-state index is 12.0. The number of hydrogen-bond donors (Lipinski definition) is 0. The number of amides is 1. The van der Waals surface area contributed by atoms with Crippen molar-refractivity contribution in [2.75, 3.05) is 4.90 Å². The fourth-order valence-electron chi connectivity index (χ4n) is 2.31. The molecule has 0 radical (unpaired) electrons. The summed E-state index contributed by atoms with van der Waals surface area (Å²) >= 11 is 0. The molecule has 0 unspecified atom stereocenters. The van der Waals surface area contributed by atoms with Gasteiger partial charge < -0.3 is 4.90 Å². The number of hydrogen-bond acceptors (Lipinski definition) is 3. The lowest BCUT2D eigenvalue weighted by atomic mass is 10.0. The summed E-state index contributed by atoms with van der Waals surface area (Å²) in [6.07, 6.45) is 0.293. The van der Waals surface area contributed by atoms with Crippen LogP contribution in [0.4, 0.5) is 5.69 Å². The smallest absolute Gasteiger partial charge is 0.224 e. The zero-order valence-corrected chi connectivity index (χ0v) is 12.3. The Bertz CT molecular complexity index is 768. The Morgan fingerprint density at radius 2 is 1.68 bits per heavy atom. The lowest BCUT2D eigenvalue weighted by Gasteiger charge is -2.23. The molecule has 22 heavy (non-hydrogen) atoms. The van der Waals surface area contributed by atoms with Gasteiger partial charge in [0.2, 0.25) is 5.91 Å². The Labute approximate surface area is 129 Å². The minimum Gasteiger partial charge on any atom is -0.307 e. The van der Waals surface area contributed by atoms with Crippen LogP contribution in [-0.2, 0) is 17.8 Å². The van der Waals surface area contributed by atoms with E-state index in [-0.39, 0.29) is 5.91 Å². The van der Waals surface area contributed by atoms with E-state index in [1.54, 1.807) is 29.2 Å². The first-order valence-corrected chi connectivity index (χ1v) is 6.88. The van der Waals surface area contributed by atoms with E-state index in [1.165, 1.54) is 6.92 Å². The second-order valence-electron chi connectivity index (χ2n) is 4.84. The maximum absolute atomic E-state index is 12.0. The highest BCUT2D eigenvalue weighted by Gasteiger charge is 2.16. The summed E-state index contributed by atoms with van der Waals surface area (Å²) in [5.41, 5.74) is 2.84. The third kappa shape index (κ3) is 3.31. The Balaban J connectivity index is 2.42. The molecule has 0 saturated carbocycles. The first kappa shape index (κ1) is 15.3. The zero-order valence-electron chi connectivity index (χ0n) is 12.3. The molecule has 0 fully saturated rings. The van der Waals surface area contributed by atoms with Gasteiger partial charge in [-0.15, -0.1) is 0 Å². The fraction of sp³-hybridized carbons (Fsp3) is 0.167.